The summed E-state index contributed by atoms with van der Waals surface area (Å²) in [6, 6.07) is 8.75. The lowest BCUT2D eigenvalue weighted by Crippen LogP contribution is -2.06. The van der Waals surface area contributed by atoms with Crippen molar-refractivity contribution >= 4 is 28.9 Å². The van der Waals surface area contributed by atoms with Gasteiger partial charge in [-0.05, 0) is 12.1 Å². The van der Waals surface area contributed by atoms with Crippen LogP contribution in [0, 0.1) is 0 Å². The molecule has 1 heterocycles. The molecule has 0 unspecified atom stereocenters. The second-order valence-electron chi connectivity index (χ2n) is 2.69. The molecule has 1 aromatic heterocycles. The molecule has 76 valence electrons. The zero-order valence-electron chi connectivity index (χ0n) is 7.51. The number of carbonyl (C=O) groups is 1. The number of carbonyl (C=O) groups excluding carboxylic acids is 1. The molecule has 0 spiro atoms. The second-order valence-corrected chi connectivity index (χ2v) is 4.26. The minimum absolute atomic E-state index is 0.353. The van der Waals surface area contributed by atoms with Gasteiger partial charge in [-0.25, -0.2) is 9.78 Å². The van der Waals surface area contributed by atoms with Gasteiger partial charge < -0.3 is 4.74 Å². The summed E-state index contributed by atoms with van der Waals surface area (Å²) in [5, 5.41) is 0.397. The summed E-state index contributed by atoms with van der Waals surface area (Å²) >= 11 is 6.73. The van der Waals surface area contributed by atoms with Crippen LogP contribution >= 0.6 is 22.9 Å². The summed E-state index contributed by atoms with van der Waals surface area (Å²) in [6.45, 7) is 0. The van der Waals surface area contributed by atoms with E-state index in [1.54, 1.807) is 24.3 Å². The van der Waals surface area contributed by atoms with Crippen molar-refractivity contribution in [1.82, 2.24) is 4.98 Å². The number of rotatable bonds is 2. The highest BCUT2D eigenvalue weighted by atomic mass is 35.5. The maximum Gasteiger partial charge on any atom is 0.344 e. The van der Waals surface area contributed by atoms with Crippen LogP contribution in [0.4, 0.5) is 0 Å². The Labute approximate surface area is 95.3 Å². The molecule has 0 saturated carbocycles. The first kappa shape index (κ1) is 10.1. The maximum absolute atomic E-state index is 11.5. The largest absolute Gasteiger partial charge is 0.410 e. The Morgan fingerprint density at radius 2 is 2.07 bits per heavy atom. The molecule has 0 aliphatic rings. The smallest absolute Gasteiger partial charge is 0.344 e. The Kier molecular flexibility index (Phi) is 2.99. The van der Waals surface area contributed by atoms with Gasteiger partial charge in [-0.2, -0.15) is 0 Å². The molecule has 2 rings (SSSR count). The molecular formula is C10H6ClNO2S. The summed E-state index contributed by atoms with van der Waals surface area (Å²) in [6.07, 6.45) is 1.42. The van der Waals surface area contributed by atoms with E-state index in [0.717, 1.165) is 11.3 Å². The first-order valence-corrected chi connectivity index (χ1v) is 5.34. The molecule has 0 amide bonds. The molecule has 0 aliphatic carbocycles. The van der Waals surface area contributed by atoms with Crippen molar-refractivity contribution in [1.29, 1.82) is 0 Å². The molecule has 0 aliphatic heterocycles. The molecule has 0 fully saturated rings. The minimum atomic E-state index is -0.407. The number of nitrogens with zero attached hydrogens (tertiary/aromatic N) is 1. The lowest BCUT2D eigenvalue weighted by molar-refractivity contribution is 0.0740. The average Bonchev–Trinajstić information content (AvgIpc) is 2.65. The zero-order valence-corrected chi connectivity index (χ0v) is 9.09. The summed E-state index contributed by atoms with van der Waals surface area (Å²) in [5.41, 5.74) is 0.502. The van der Waals surface area contributed by atoms with Gasteiger partial charge in [-0.3, -0.25) is 0 Å². The third-order valence-corrected chi connectivity index (χ3v) is 2.65. The topological polar surface area (TPSA) is 39.2 Å². The Morgan fingerprint density at radius 1 is 1.33 bits per heavy atom. The van der Waals surface area contributed by atoms with E-state index < -0.39 is 5.97 Å². The highest BCUT2D eigenvalue weighted by Crippen LogP contribution is 2.25. The Morgan fingerprint density at radius 3 is 2.67 bits per heavy atom. The van der Waals surface area contributed by atoms with E-state index in [9.17, 15) is 4.79 Å². The number of ether oxygens (including phenoxy) is 1. The summed E-state index contributed by atoms with van der Waals surface area (Å²) in [4.78, 5) is 15.3. The second kappa shape index (κ2) is 4.42. The van der Waals surface area contributed by atoms with E-state index in [1.807, 2.05) is 6.07 Å². The molecule has 15 heavy (non-hydrogen) atoms. The normalized spacial score (nSPS) is 9.93. The van der Waals surface area contributed by atoms with Gasteiger partial charge in [0, 0.05) is 0 Å². The van der Waals surface area contributed by atoms with Crippen LogP contribution in [0.3, 0.4) is 0 Å². The number of aromatic nitrogens is 1. The molecule has 2 aromatic rings. The standard InChI is InChI=1S/C10H6ClNO2S/c11-10-12-6-8(15-10)14-9(13)7-4-2-1-3-5-7/h1-6H. The molecule has 0 bridgehead atoms. The molecule has 5 heteroatoms. The van der Waals surface area contributed by atoms with Crippen molar-refractivity contribution < 1.29 is 9.53 Å². The predicted molar refractivity (Wildman–Crippen MR) is 58.5 cm³/mol. The van der Waals surface area contributed by atoms with Crippen LogP contribution in [-0.2, 0) is 0 Å². The van der Waals surface area contributed by atoms with Gasteiger partial charge in [0.05, 0.1) is 11.8 Å². The molecule has 3 nitrogen and oxygen atoms in total. The molecule has 0 atom stereocenters. The number of halogens is 1. The lowest BCUT2D eigenvalue weighted by atomic mass is 10.2. The van der Waals surface area contributed by atoms with Crippen LogP contribution in [0.2, 0.25) is 4.47 Å². The molecule has 0 saturated heterocycles. The van der Waals surface area contributed by atoms with E-state index in [1.165, 1.54) is 6.20 Å². The number of hydrogen-bond acceptors (Lipinski definition) is 4. The van der Waals surface area contributed by atoms with E-state index in [0.29, 0.717) is 15.1 Å². The van der Waals surface area contributed by atoms with Crippen LogP contribution in [0.1, 0.15) is 10.4 Å². The van der Waals surface area contributed by atoms with Crippen molar-refractivity contribution in [3.8, 4) is 5.06 Å². The minimum Gasteiger partial charge on any atom is -0.410 e. The fraction of sp³-hybridized carbons (Fsp3) is 0. The predicted octanol–water partition coefficient (Wildman–Crippen LogP) is 3.02. The van der Waals surface area contributed by atoms with Crippen LogP contribution < -0.4 is 4.74 Å². The average molecular weight is 240 g/mol. The number of esters is 1. The summed E-state index contributed by atoms with van der Waals surface area (Å²) in [5.74, 6) is -0.407. The molecule has 0 radical (unpaired) electrons. The summed E-state index contributed by atoms with van der Waals surface area (Å²) in [7, 11) is 0. The van der Waals surface area contributed by atoms with Gasteiger partial charge in [0.25, 0.3) is 0 Å². The van der Waals surface area contributed by atoms with Gasteiger partial charge >= 0.3 is 5.97 Å². The van der Waals surface area contributed by atoms with E-state index in [-0.39, 0.29) is 0 Å². The van der Waals surface area contributed by atoms with Crippen molar-refractivity contribution in [2.45, 2.75) is 0 Å². The van der Waals surface area contributed by atoms with E-state index in [4.69, 9.17) is 16.3 Å². The van der Waals surface area contributed by atoms with Crippen LogP contribution in [-0.4, -0.2) is 11.0 Å². The van der Waals surface area contributed by atoms with E-state index in [2.05, 4.69) is 4.98 Å². The lowest BCUT2D eigenvalue weighted by Gasteiger charge is -1.99. The van der Waals surface area contributed by atoms with Crippen molar-refractivity contribution in [3.05, 3.63) is 46.6 Å². The van der Waals surface area contributed by atoms with Crippen molar-refractivity contribution in [2.75, 3.05) is 0 Å². The summed E-state index contributed by atoms with van der Waals surface area (Å²) < 4.78 is 5.41. The Bertz CT molecular complexity index is 469. The number of benzene rings is 1. The molecular weight excluding hydrogens is 234 g/mol. The molecule has 1 aromatic carbocycles. The maximum atomic E-state index is 11.5. The fourth-order valence-electron chi connectivity index (χ4n) is 1.01. The fourth-order valence-corrected chi connectivity index (χ4v) is 1.78. The van der Waals surface area contributed by atoms with Gasteiger partial charge in [-0.1, -0.05) is 41.1 Å². The third kappa shape index (κ3) is 2.55. The Hall–Kier alpha value is -1.39. The first-order chi connectivity index (χ1) is 7.25. The van der Waals surface area contributed by atoms with Crippen molar-refractivity contribution in [3.63, 3.8) is 0 Å². The van der Waals surface area contributed by atoms with Gasteiger partial charge in [0.15, 0.2) is 4.47 Å². The Balaban J connectivity index is 2.11. The van der Waals surface area contributed by atoms with Crippen LogP contribution in [0.5, 0.6) is 5.06 Å². The van der Waals surface area contributed by atoms with Gasteiger partial charge in [0.1, 0.15) is 0 Å². The SMILES string of the molecule is O=C(Oc1cnc(Cl)s1)c1ccccc1. The number of thiazole rings is 1. The van der Waals surface area contributed by atoms with Crippen LogP contribution in [0.25, 0.3) is 0 Å². The highest BCUT2D eigenvalue weighted by molar-refractivity contribution is 7.17. The third-order valence-electron chi connectivity index (χ3n) is 1.66. The van der Waals surface area contributed by atoms with E-state index >= 15 is 0 Å². The monoisotopic (exact) mass is 239 g/mol. The van der Waals surface area contributed by atoms with Crippen LogP contribution in [0.15, 0.2) is 36.5 Å². The molecule has 0 N–H and O–H groups in total. The van der Waals surface area contributed by atoms with Crippen molar-refractivity contribution in [2.24, 2.45) is 0 Å². The zero-order chi connectivity index (χ0) is 10.7. The quantitative estimate of drug-likeness (QED) is 0.757. The van der Waals surface area contributed by atoms with Gasteiger partial charge in [0.2, 0.25) is 5.06 Å². The number of hydrogen-bond donors (Lipinski definition) is 0. The van der Waals surface area contributed by atoms with Gasteiger partial charge in [-0.15, -0.1) is 0 Å². The highest BCUT2D eigenvalue weighted by Gasteiger charge is 2.09. The first-order valence-electron chi connectivity index (χ1n) is 4.14.